The molecule has 5 heteroatoms. The maximum atomic E-state index is 12.4. The number of hydrogen-bond donors (Lipinski definition) is 0. The molecule has 0 aliphatic carbocycles. The highest BCUT2D eigenvalue weighted by Gasteiger charge is 2.15. The zero-order valence-corrected chi connectivity index (χ0v) is 14.5. The van der Waals surface area contributed by atoms with Gasteiger partial charge >= 0.3 is 0 Å². The third kappa shape index (κ3) is 3.47. The molecule has 2 aromatic carbocycles. The molecule has 0 bridgehead atoms. The van der Waals surface area contributed by atoms with Crippen molar-refractivity contribution >= 4 is 28.4 Å². The van der Waals surface area contributed by atoms with Crippen molar-refractivity contribution in [3.63, 3.8) is 0 Å². The lowest BCUT2D eigenvalue weighted by Crippen LogP contribution is -2.39. The van der Waals surface area contributed by atoms with Crippen LogP contribution in [0, 0.1) is 0 Å². The highest BCUT2D eigenvalue weighted by atomic mass is 35.5. The molecule has 0 saturated carbocycles. The molecule has 4 nitrogen and oxygen atoms in total. The minimum atomic E-state index is 0.136. The molecule has 2 heterocycles. The fraction of sp³-hybridized carbons (Fsp3) is 0.250. The van der Waals surface area contributed by atoms with Gasteiger partial charge in [0.25, 0.3) is 0 Å². The van der Waals surface area contributed by atoms with Crippen LogP contribution in [0.25, 0.3) is 22.1 Å². The smallest absolute Gasteiger partial charge is 0.176 e. The molecule has 0 unspecified atom stereocenters. The van der Waals surface area contributed by atoms with E-state index in [0.717, 1.165) is 35.2 Å². The van der Waals surface area contributed by atoms with Crippen molar-refractivity contribution in [2.45, 2.75) is 0 Å². The largest absolute Gasteiger partial charge is 0.463 e. The number of benzene rings is 2. The Kier molecular flexibility index (Phi) is 4.57. The number of furan rings is 1. The van der Waals surface area contributed by atoms with E-state index in [4.69, 9.17) is 20.8 Å². The van der Waals surface area contributed by atoms with E-state index in [-0.39, 0.29) is 5.78 Å². The second-order valence-electron chi connectivity index (χ2n) is 6.19. The average Bonchev–Trinajstić information content (AvgIpc) is 3.12. The van der Waals surface area contributed by atoms with Gasteiger partial charge in [-0.1, -0.05) is 35.9 Å². The number of morpholine rings is 1. The first kappa shape index (κ1) is 16.3. The quantitative estimate of drug-likeness (QED) is 0.655. The average molecular weight is 356 g/mol. The second kappa shape index (κ2) is 7.00. The first-order valence-electron chi connectivity index (χ1n) is 8.31. The minimum absolute atomic E-state index is 0.136. The SMILES string of the molecule is O=C(CN1CCOCC1)c1ccc(-c2cc(Cl)c3occc3c2)cc1. The van der Waals surface area contributed by atoms with Gasteiger partial charge in [-0.2, -0.15) is 0 Å². The highest BCUT2D eigenvalue weighted by Crippen LogP contribution is 2.31. The zero-order valence-electron chi connectivity index (χ0n) is 13.7. The van der Waals surface area contributed by atoms with Crippen molar-refractivity contribution in [3.8, 4) is 11.1 Å². The summed E-state index contributed by atoms with van der Waals surface area (Å²) in [4.78, 5) is 14.6. The molecular weight excluding hydrogens is 338 g/mol. The molecule has 1 aromatic heterocycles. The van der Waals surface area contributed by atoms with Gasteiger partial charge in [0.1, 0.15) is 0 Å². The summed E-state index contributed by atoms with van der Waals surface area (Å²) in [6.07, 6.45) is 1.63. The van der Waals surface area contributed by atoms with Gasteiger partial charge in [-0.15, -0.1) is 0 Å². The van der Waals surface area contributed by atoms with Crippen LogP contribution in [0.1, 0.15) is 10.4 Å². The van der Waals surface area contributed by atoms with Crippen LogP contribution in [-0.2, 0) is 4.74 Å². The number of nitrogens with zero attached hydrogens (tertiary/aromatic N) is 1. The zero-order chi connectivity index (χ0) is 17.2. The lowest BCUT2D eigenvalue weighted by atomic mass is 10.0. The molecule has 0 N–H and O–H groups in total. The van der Waals surface area contributed by atoms with Gasteiger partial charge in [-0.05, 0) is 29.3 Å². The molecule has 0 radical (unpaired) electrons. The van der Waals surface area contributed by atoms with Crippen LogP contribution in [0.5, 0.6) is 0 Å². The summed E-state index contributed by atoms with van der Waals surface area (Å²) in [6, 6.07) is 13.5. The Morgan fingerprint density at radius 3 is 2.56 bits per heavy atom. The van der Waals surface area contributed by atoms with E-state index in [1.165, 1.54) is 0 Å². The van der Waals surface area contributed by atoms with E-state index in [9.17, 15) is 4.79 Å². The van der Waals surface area contributed by atoms with E-state index in [1.54, 1.807) is 6.26 Å². The number of halogens is 1. The molecule has 1 saturated heterocycles. The topological polar surface area (TPSA) is 42.7 Å². The van der Waals surface area contributed by atoms with Crippen LogP contribution in [0.3, 0.4) is 0 Å². The number of rotatable bonds is 4. The highest BCUT2D eigenvalue weighted by molar-refractivity contribution is 6.35. The van der Waals surface area contributed by atoms with Crippen LogP contribution in [0.15, 0.2) is 53.1 Å². The molecule has 4 rings (SSSR count). The van der Waals surface area contributed by atoms with Crippen LogP contribution >= 0.6 is 11.6 Å². The van der Waals surface area contributed by atoms with Crippen molar-refractivity contribution in [2.75, 3.05) is 32.8 Å². The molecule has 25 heavy (non-hydrogen) atoms. The fourth-order valence-electron chi connectivity index (χ4n) is 3.11. The summed E-state index contributed by atoms with van der Waals surface area (Å²) in [6.45, 7) is 3.46. The summed E-state index contributed by atoms with van der Waals surface area (Å²) in [7, 11) is 0. The Labute approximate surface area is 150 Å². The number of fused-ring (bicyclic) bond motifs is 1. The van der Waals surface area contributed by atoms with E-state index in [0.29, 0.717) is 30.4 Å². The van der Waals surface area contributed by atoms with Gasteiger partial charge in [0.05, 0.1) is 31.0 Å². The molecule has 0 spiro atoms. The van der Waals surface area contributed by atoms with Crippen LogP contribution in [0.4, 0.5) is 0 Å². The molecular formula is C20H18ClNO3. The molecule has 0 atom stereocenters. The van der Waals surface area contributed by atoms with Gasteiger partial charge in [0.15, 0.2) is 11.4 Å². The fourth-order valence-corrected chi connectivity index (χ4v) is 3.38. The van der Waals surface area contributed by atoms with E-state index < -0.39 is 0 Å². The maximum Gasteiger partial charge on any atom is 0.176 e. The predicted octanol–water partition coefficient (Wildman–Crippen LogP) is 4.27. The summed E-state index contributed by atoms with van der Waals surface area (Å²) in [5, 5.41) is 1.56. The maximum absolute atomic E-state index is 12.4. The Balaban J connectivity index is 1.53. The van der Waals surface area contributed by atoms with Gasteiger partial charge in [0, 0.05) is 24.0 Å². The monoisotopic (exact) mass is 355 g/mol. The van der Waals surface area contributed by atoms with Gasteiger partial charge in [-0.25, -0.2) is 0 Å². The molecule has 0 amide bonds. The summed E-state index contributed by atoms with van der Waals surface area (Å²) < 4.78 is 10.7. The molecule has 3 aromatic rings. The molecule has 1 aliphatic rings. The lowest BCUT2D eigenvalue weighted by molar-refractivity contribution is 0.0371. The number of ketones is 1. The Morgan fingerprint density at radius 2 is 1.80 bits per heavy atom. The minimum Gasteiger partial charge on any atom is -0.463 e. The summed E-state index contributed by atoms with van der Waals surface area (Å²) in [5.41, 5.74) is 3.45. The molecule has 1 aliphatic heterocycles. The number of ether oxygens (including phenoxy) is 1. The van der Waals surface area contributed by atoms with Crippen LogP contribution in [0.2, 0.25) is 5.02 Å². The van der Waals surface area contributed by atoms with Crippen molar-refractivity contribution < 1.29 is 13.9 Å². The van der Waals surface area contributed by atoms with Crippen molar-refractivity contribution in [3.05, 3.63) is 59.3 Å². The van der Waals surface area contributed by atoms with E-state index in [2.05, 4.69) is 4.90 Å². The number of Topliss-reactive ketones (excluding diaryl/α,β-unsaturated/α-hetero) is 1. The Morgan fingerprint density at radius 1 is 1.04 bits per heavy atom. The lowest BCUT2D eigenvalue weighted by Gasteiger charge is -2.25. The van der Waals surface area contributed by atoms with Gasteiger partial charge in [0.2, 0.25) is 0 Å². The number of hydrogen-bond acceptors (Lipinski definition) is 4. The van der Waals surface area contributed by atoms with Crippen molar-refractivity contribution in [2.24, 2.45) is 0 Å². The van der Waals surface area contributed by atoms with E-state index >= 15 is 0 Å². The predicted molar refractivity (Wildman–Crippen MR) is 98.2 cm³/mol. The normalized spacial score (nSPS) is 15.6. The molecule has 1 fully saturated rings. The Bertz CT molecular complexity index is 895. The first-order chi connectivity index (χ1) is 12.2. The Hall–Kier alpha value is -2.14. The number of carbonyl (C=O) groups is 1. The first-order valence-corrected chi connectivity index (χ1v) is 8.69. The molecule has 128 valence electrons. The van der Waals surface area contributed by atoms with Crippen molar-refractivity contribution in [1.29, 1.82) is 0 Å². The summed E-state index contributed by atoms with van der Waals surface area (Å²) in [5.74, 6) is 0.136. The van der Waals surface area contributed by atoms with Crippen molar-refractivity contribution in [1.82, 2.24) is 4.90 Å². The van der Waals surface area contributed by atoms with Gasteiger partial charge < -0.3 is 9.15 Å². The van der Waals surface area contributed by atoms with Crippen LogP contribution in [-0.4, -0.2) is 43.5 Å². The van der Waals surface area contributed by atoms with Crippen LogP contribution < -0.4 is 0 Å². The third-order valence-corrected chi connectivity index (χ3v) is 4.80. The standard InChI is InChI=1S/C20H18ClNO3/c21-18-12-17(11-16-5-8-25-20(16)18)14-1-3-15(4-2-14)19(23)13-22-6-9-24-10-7-22/h1-5,8,11-12H,6-7,9-10,13H2. The second-order valence-corrected chi connectivity index (χ2v) is 6.59. The number of carbonyl (C=O) groups excluding carboxylic acids is 1. The third-order valence-electron chi connectivity index (χ3n) is 4.52. The van der Waals surface area contributed by atoms with E-state index in [1.807, 2.05) is 42.5 Å². The van der Waals surface area contributed by atoms with Gasteiger partial charge in [-0.3, -0.25) is 9.69 Å². The summed E-state index contributed by atoms with van der Waals surface area (Å²) >= 11 is 6.28.